The van der Waals surface area contributed by atoms with E-state index in [4.69, 9.17) is 0 Å². The maximum Gasteiger partial charge on any atom is -0.0276 e. The highest BCUT2D eigenvalue weighted by Gasteiger charge is 2.11. The molecule has 0 bridgehead atoms. The van der Waals surface area contributed by atoms with Gasteiger partial charge in [0.1, 0.15) is 0 Å². The Morgan fingerprint density at radius 2 is 1.29 bits per heavy atom. The van der Waals surface area contributed by atoms with Gasteiger partial charge in [-0.1, -0.05) is 46.1 Å². The van der Waals surface area contributed by atoms with Crippen LogP contribution < -0.4 is 0 Å². The van der Waals surface area contributed by atoms with Crippen molar-refractivity contribution in [2.75, 3.05) is 0 Å². The summed E-state index contributed by atoms with van der Waals surface area (Å²) in [7, 11) is 0. The number of rotatable bonds is 6. The summed E-state index contributed by atoms with van der Waals surface area (Å²) in [4.78, 5) is 0. The van der Waals surface area contributed by atoms with Crippen LogP contribution in [-0.2, 0) is 19.3 Å². The fourth-order valence-corrected chi connectivity index (χ4v) is 2.88. The molecular formula is C17H28. The molecule has 0 fully saturated rings. The van der Waals surface area contributed by atoms with Gasteiger partial charge in [-0.05, 0) is 60.9 Å². The number of hydrogen-bond acceptors (Lipinski definition) is 0. The summed E-state index contributed by atoms with van der Waals surface area (Å²) < 4.78 is 0. The molecule has 0 aliphatic rings. The molecule has 96 valence electrons. The first-order chi connectivity index (χ1) is 8.15. The minimum absolute atomic E-state index is 1.24. The summed E-state index contributed by atoms with van der Waals surface area (Å²) in [6, 6.07) is 2.45. The van der Waals surface area contributed by atoms with Crippen LogP contribution in [0.15, 0.2) is 6.07 Å². The molecule has 0 N–H and O–H groups in total. The monoisotopic (exact) mass is 232 g/mol. The SMILES string of the molecule is CCCc1cc(C)c(CCC)c(C)c1CCC. The minimum Gasteiger partial charge on any atom is -0.0651 e. The van der Waals surface area contributed by atoms with Gasteiger partial charge in [-0.3, -0.25) is 0 Å². The molecule has 1 aromatic rings. The molecule has 0 saturated heterocycles. The molecule has 0 heterocycles. The topological polar surface area (TPSA) is 0 Å². The third-order valence-corrected chi connectivity index (χ3v) is 3.68. The Hall–Kier alpha value is -0.780. The second-order valence-electron chi connectivity index (χ2n) is 5.18. The molecule has 0 aromatic heterocycles. The number of aryl methyl sites for hydroxylation is 2. The molecule has 0 saturated carbocycles. The first kappa shape index (κ1) is 14.3. The van der Waals surface area contributed by atoms with Crippen LogP contribution in [0.3, 0.4) is 0 Å². The lowest BCUT2D eigenvalue weighted by molar-refractivity contribution is 0.833. The largest absolute Gasteiger partial charge is 0.0651 e. The summed E-state index contributed by atoms with van der Waals surface area (Å²) in [6.45, 7) is 11.5. The molecule has 0 aliphatic carbocycles. The molecule has 1 aromatic carbocycles. The normalized spacial score (nSPS) is 10.9. The minimum atomic E-state index is 1.24. The van der Waals surface area contributed by atoms with Gasteiger partial charge >= 0.3 is 0 Å². The van der Waals surface area contributed by atoms with Crippen LogP contribution in [-0.4, -0.2) is 0 Å². The van der Waals surface area contributed by atoms with E-state index in [1.54, 1.807) is 22.3 Å². The Labute approximate surface area is 107 Å². The van der Waals surface area contributed by atoms with Gasteiger partial charge in [0, 0.05) is 0 Å². The molecule has 0 aliphatic heterocycles. The van der Waals surface area contributed by atoms with E-state index in [2.05, 4.69) is 40.7 Å². The number of hydrogen-bond donors (Lipinski definition) is 0. The fourth-order valence-electron chi connectivity index (χ4n) is 2.88. The Balaban J connectivity index is 3.24. The van der Waals surface area contributed by atoms with Crippen LogP contribution in [0.2, 0.25) is 0 Å². The predicted octanol–water partition coefficient (Wildman–Crippen LogP) is 5.16. The van der Waals surface area contributed by atoms with Crippen molar-refractivity contribution in [1.82, 2.24) is 0 Å². The standard InChI is InChI=1S/C17H28/c1-6-9-15-12-13(4)16(10-7-2)14(5)17(15)11-8-3/h12H,6-11H2,1-5H3. The second-order valence-corrected chi connectivity index (χ2v) is 5.18. The van der Waals surface area contributed by atoms with Gasteiger partial charge in [-0.2, -0.15) is 0 Å². The van der Waals surface area contributed by atoms with Crippen molar-refractivity contribution in [3.63, 3.8) is 0 Å². The molecular weight excluding hydrogens is 204 g/mol. The Kier molecular flexibility index (Phi) is 5.74. The van der Waals surface area contributed by atoms with E-state index in [-0.39, 0.29) is 0 Å². The van der Waals surface area contributed by atoms with Gasteiger partial charge in [-0.25, -0.2) is 0 Å². The highest BCUT2D eigenvalue weighted by Crippen LogP contribution is 2.26. The lowest BCUT2D eigenvalue weighted by atomic mass is 9.87. The van der Waals surface area contributed by atoms with Crippen molar-refractivity contribution in [1.29, 1.82) is 0 Å². The van der Waals surface area contributed by atoms with E-state index >= 15 is 0 Å². The fraction of sp³-hybridized carbons (Fsp3) is 0.647. The number of benzene rings is 1. The third kappa shape index (κ3) is 3.34. The van der Waals surface area contributed by atoms with Crippen LogP contribution in [0.25, 0.3) is 0 Å². The average Bonchev–Trinajstić information content (AvgIpc) is 2.30. The maximum absolute atomic E-state index is 2.45. The first-order valence-corrected chi connectivity index (χ1v) is 7.26. The average molecular weight is 232 g/mol. The summed E-state index contributed by atoms with van der Waals surface area (Å²) in [6.07, 6.45) is 7.48. The second kappa shape index (κ2) is 6.83. The molecule has 0 spiro atoms. The summed E-state index contributed by atoms with van der Waals surface area (Å²) in [5, 5.41) is 0. The quantitative estimate of drug-likeness (QED) is 0.635. The van der Waals surface area contributed by atoms with E-state index < -0.39 is 0 Å². The Morgan fingerprint density at radius 1 is 0.765 bits per heavy atom. The van der Waals surface area contributed by atoms with Crippen LogP contribution in [0.1, 0.15) is 67.9 Å². The molecule has 0 radical (unpaired) electrons. The smallest absolute Gasteiger partial charge is 0.0276 e. The van der Waals surface area contributed by atoms with Crippen molar-refractivity contribution < 1.29 is 0 Å². The van der Waals surface area contributed by atoms with Crippen molar-refractivity contribution >= 4 is 0 Å². The van der Waals surface area contributed by atoms with Gasteiger partial charge in [-0.15, -0.1) is 0 Å². The highest BCUT2D eigenvalue weighted by molar-refractivity contribution is 5.45. The predicted molar refractivity (Wildman–Crippen MR) is 77.9 cm³/mol. The summed E-state index contributed by atoms with van der Waals surface area (Å²) >= 11 is 0. The van der Waals surface area contributed by atoms with Crippen LogP contribution in [0.5, 0.6) is 0 Å². The van der Waals surface area contributed by atoms with E-state index in [0.717, 1.165) is 0 Å². The zero-order chi connectivity index (χ0) is 12.8. The maximum atomic E-state index is 2.45. The zero-order valence-electron chi connectivity index (χ0n) is 12.3. The first-order valence-electron chi connectivity index (χ1n) is 7.26. The lowest BCUT2D eigenvalue weighted by Gasteiger charge is -2.18. The lowest BCUT2D eigenvalue weighted by Crippen LogP contribution is -2.04. The Bertz CT molecular complexity index is 361. The van der Waals surface area contributed by atoms with Crippen molar-refractivity contribution in [2.45, 2.75) is 73.1 Å². The molecule has 0 amide bonds. The summed E-state index contributed by atoms with van der Waals surface area (Å²) in [5.74, 6) is 0. The molecule has 0 nitrogen and oxygen atoms in total. The molecule has 0 heteroatoms. The van der Waals surface area contributed by atoms with Gasteiger partial charge in [0.25, 0.3) is 0 Å². The van der Waals surface area contributed by atoms with E-state index in [9.17, 15) is 0 Å². The van der Waals surface area contributed by atoms with E-state index in [1.165, 1.54) is 44.1 Å². The molecule has 0 atom stereocenters. The Morgan fingerprint density at radius 3 is 1.82 bits per heavy atom. The van der Waals surface area contributed by atoms with Crippen molar-refractivity contribution in [2.24, 2.45) is 0 Å². The van der Waals surface area contributed by atoms with Gasteiger partial charge in [0.05, 0.1) is 0 Å². The van der Waals surface area contributed by atoms with Crippen LogP contribution >= 0.6 is 0 Å². The van der Waals surface area contributed by atoms with E-state index in [0.29, 0.717) is 0 Å². The molecule has 1 rings (SSSR count). The molecule has 0 unspecified atom stereocenters. The zero-order valence-corrected chi connectivity index (χ0v) is 12.3. The van der Waals surface area contributed by atoms with Gasteiger partial charge < -0.3 is 0 Å². The summed E-state index contributed by atoms with van der Waals surface area (Å²) in [5.41, 5.74) is 7.94. The van der Waals surface area contributed by atoms with Gasteiger partial charge in [0.2, 0.25) is 0 Å². The van der Waals surface area contributed by atoms with Crippen LogP contribution in [0.4, 0.5) is 0 Å². The van der Waals surface area contributed by atoms with E-state index in [1.807, 2.05) is 0 Å². The molecule has 17 heavy (non-hydrogen) atoms. The van der Waals surface area contributed by atoms with Crippen LogP contribution in [0, 0.1) is 13.8 Å². The van der Waals surface area contributed by atoms with Gasteiger partial charge in [0.15, 0.2) is 0 Å². The highest BCUT2D eigenvalue weighted by atomic mass is 14.2. The third-order valence-electron chi connectivity index (χ3n) is 3.68. The van der Waals surface area contributed by atoms with Crippen molar-refractivity contribution in [3.8, 4) is 0 Å². The van der Waals surface area contributed by atoms with Crippen molar-refractivity contribution in [3.05, 3.63) is 33.9 Å².